The van der Waals surface area contributed by atoms with Crippen LogP contribution >= 0.6 is 0 Å². The Morgan fingerprint density at radius 2 is 0.967 bits per heavy atom. The second kappa shape index (κ2) is 20.3. The van der Waals surface area contributed by atoms with Crippen LogP contribution in [-0.2, 0) is 39.0 Å². The molecule has 4 aromatic heterocycles. The molecule has 5 rings (SSSR count). The maximum atomic E-state index is 5.43. The van der Waals surface area contributed by atoms with Gasteiger partial charge in [0.1, 0.15) is 0 Å². The first kappa shape index (κ1) is 52.9. The van der Waals surface area contributed by atoms with Crippen molar-refractivity contribution in [1.29, 1.82) is 0 Å². The van der Waals surface area contributed by atoms with Gasteiger partial charge in [-0.1, -0.05) is 125 Å². The molecule has 0 saturated carbocycles. The van der Waals surface area contributed by atoms with Gasteiger partial charge < -0.3 is 4.74 Å². The van der Waals surface area contributed by atoms with Crippen molar-refractivity contribution in [2.45, 2.75) is 236 Å². The summed E-state index contributed by atoms with van der Waals surface area (Å²) < 4.78 is 13.8. The second-order valence-corrected chi connectivity index (χ2v) is 23.6. The van der Waals surface area contributed by atoms with Crippen molar-refractivity contribution in [3.05, 3.63) is 69.8 Å². The minimum absolute atomic E-state index is 0.0626. The van der Waals surface area contributed by atoms with E-state index in [9.17, 15) is 0 Å². The Morgan fingerprint density at radius 3 is 1.30 bits per heavy atom. The standard InChI is InChI=1S/C15H26N2O.C14H26N2.2C11H20N2/c1-11(2)14-13(15(3,4)5)10-17(16-14)12-6-8-18-9-7-12;1-10(2)12-11(13(3,4)5)9-16(15-12)14(6,7)8;1-8(2)10-9(11(3,4)5)7-13(6)12-10;1-8(2)13-10(11(4,5)6)7-9(3)12-13/h10-12H,6-9H2,1-5H3;9-10H,1-8H3;2*7-8H,1-6H3. The zero-order chi connectivity index (χ0) is 46.5. The molecule has 0 aliphatic carbocycles. The Labute approximate surface area is 368 Å². The van der Waals surface area contributed by atoms with Gasteiger partial charge in [0.2, 0.25) is 0 Å². The van der Waals surface area contributed by atoms with Crippen LogP contribution < -0.4 is 0 Å². The van der Waals surface area contributed by atoms with Gasteiger partial charge in [-0.05, 0) is 111 Å². The van der Waals surface area contributed by atoms with E-state index in [0.29, 0.717) is 29.8 Å². The molecule has 0 unspecified atom stereocenters. The fourth-order valence-electron chi connectivity index (χ4n) is 7.26. The first-order valence-corrected chi connectivity index (χ1v) is 23.0. The molecule has 0 radical (unpaired) electrons. The highest BCUT2D eigenvalue weighted by atomic mass is 16.5. The summed E-state index contributed by atoms with van der Waals surface area (Å²) in [6.07, 6.45) is 8.79. The molecule has 0 bridgehead atoms. The van der Waals surface area contributed by atoms with E-state index in [4.69, 9.17) is 14.9 Å². The third-order valence-electron chi connectivity index (χ3n) is 10.8. The van der Waals surface area contributed by atoms with E-state index in [-0.39, 0.29) is 27.2 Å². The molecule has 9 nitrogen and oxygen atoms in total. The van der Waals surface area contributed by atoms with Gasteiger partial charge in [-0.25, -0.2) is 0 Å². The van der Waals surface area contributed by atoms with Crippen LogP contribution in [0.15, 0.2) is 24.7 Å². The molecule has 9 heteroatoms. The highest BCUT2D eigenvalue weighted by molar-refractivity contribution is 5.29. The number of hydrogen-bond donors (Lipinski definition) is 0. The van der Waals surface area contributed by atoms with Crippen molar-refractivity contribution in [2.75, 3.05) is 13.2 Å². The summed E-state index contributed by atoms with van der Waals surface area (Å²) in [6, 6.07) is 3.15. The summed E-state index contributed by atoms with van der Waals surface area (Å²) >= 11 is 0. The Kier molecular flexibility index (Phi) is 17.9. The predicted octanol–water partition coefficient (Wildman–Crippen LogP) is 13.6. The minimum atomic E-state index is 0.0626. The fourth-order valence-corrected chi connectivity index (χ4v) is 7.26. The number of ether oxygens (including phenoxy) is 1. The minimum Gasteiger partial charge on any atom is -0.381 e. The molecule has 4 aromatic rings. The largest absolute Gasteiger partial charge is 0.381 e. The van der Waals surface area contributed by atoms with Gasteiger partial charge in [0.15, 0.2) is 0 Å². The molecule has 1 saturated heterocycles. The summed E-state index contributed by atoms with van der Waals surface area (Å²) in [5.74, 6) is 1.48. The van der Waals surface area contributed by atoms with Crippen LogP contribution in [0.3, 0.4) is 0 Å². The van der Waals surface area contributed by atoms with Crippen LogP contribution in [-0.4, -0.2) is 52.3 Å². The molecule has 342 valence electrons. The second-order valence-electron chi connectivity index (χ2n) is 23.6. The van der Waals surface area contributed by atoms with Crippen LogP contribution in [0, 0.1) is 6.92 Å². The van der Waals surface area contributed by atoms with E-state index in [1.54, 1.807) is 0 Å². The molecule has 0 spiro atoms. The van der Waals surface area contributed by atoms with E-state index in [1.807, 2.05) is 18.7 Å². The van der Waals surface area contributed by atoms with Gasteiger partial charge in [0, 0.05) is 56.0 Å². The smallest absolute Gasteiger partial charge is 0.0687 e. The van der Waals surface area contributed by atoms with E-state index in [0.717, 1.165) is 31.7 Å². The Morgan fingerprint density at radius 1 is 0.550 bits per heavy atom. The number of nitrogens with zero attached hydrogens (tertiary/aromatic N) is 8. The third-order valence-corrected chi connectivity index (χ3v) is 10.8. The van der Waals surface area contributed by atoms with Crippen LogP contribution in [0.1, 0.15) is 247 Å². The lowest BCUT2D eigenvalue weighted by Gasteiger charge is -2.22. The fraction of sp³-hybridized carbons (Fsp3) is 0.765. The lowest BCUT2D eigenvalue weighted by molar-refractivity contribution is 0.0661. The van der Waals surface area contributed by atoms with Gasteiger partial charge in [-0.2, -0.15) is 20.4 Å². The normalized spacial score (nSPS) is 14.6. The van der Waals surface area contributed by atoms with E-state index < -0.39 is 0 Å². The molecular formula is C51H92N8O. The average Bonchev–Trinajstić information content (AvgIpc) is 3.89. The van der Waals surface area contributed by atoms with E-state index in [2.05, 4.69) is 208 Å². The summed E-state index contributed by atoms with van der Waals surface area (Å²) in [7, 11) is 1.99. The third kappa shape index (κ3) is 15.0. The predicted molar refractivity (Wildman–Crippen MR) is 256 cm³/mol. The van der Waals surface area contributed by atoms with Crippen LogP contribution in [0.4, 0.5) is 0 Å². The zero-order valence-electron chi connectivity index (χ0n) is 43.5. The van der Waals surface area contributed by atoms with Gasteiger partial charge in [-0.3, -0.25) is 18.7 Å². The summed E-state index contributed by atoms with van der Waals surface area (Å²) in [6.45, 7) is 54.9. The lowest BCUT2D eigenvalue weighted by atomic mass is 9.85. The number of aryl methyl sites for hydroxylation is 2. The van der Waals surface area contributed by atoms with Crippen molar-refractivity contribution < 1.29 is 4.74 Å². The summed E-state index contributed by atoms with van der Waals surface area (Å²) in [5.41, 5.74) is 11.1. The molecule has 1 aliphatic rings. The monoisotopic (exact) mass is 833 g/mol. The quantitative estimate of drug-likeness (QED) is 0.200. The number of aromatic nitrogens is 8. The molecule has 0 aromatic carbocycles. The highest BCUT2D eigenvalue weighted by Crippen LogP contribution is 2.34. The van der Waals surface area contributed by atoms with Crippen LogP contribution in [0.5, 0.6) is 0 Å². The van der Waals surface area contributed by atoms with Crippen molar-refractivity contribution in [2.24, 2.45) is 7.05 Å². The van der Waals surface area contributed by atoms with Crippen molar-refractivity contribution >= 4 is 0 Å². The Balaban J connectivity index is 0.000000278. The first-order valence-electron chi connectivity index (χ1n) is 23.0. The lowest BCUT2D eigenvalue weighted by Crippen LogP contribution is -2.22. The maximum Gasteiger partial charge on any atom is 0.0687 e. The maximum absolute atomic E-state index is 5.43. The van der Waals surface area contributed by atoms with Crippen molar-refractivity contribution in [1.82, 2.24) is 39.1 Å². The van der Waals surface area contributed by atoms with Gasteiger partial charge in [0.05, 0.1) is 34.4 Å². The number of hydrogen-bond acceptors (Lipinski definition) is 5. The molecule has 5 heterocycles. The number of rotatable bonds is 5. The van der Waals surface area contributed by atoms with Gasteiger partial charge in [0.25, 0.3) is 0 Å². The Bertz CT molecular complexity index is 1820. The topological polar surface area (TPSA) is 80.5 Å². The zero-order valence-corrected chi connectivity index (χ0v) is 43.5. The Hall–Kier alpha value is -3.20. The SMILES string of the molecule is CC(C)c1nn(C(C)(C)C)cc1C(C)(C)C.CC(C)c1nn(C)cc1C(C)(C)C.CC(C)c1nn(C2CCOCC2)cc1C(C)(C)C.Cc1cc(C(C)(C)C)n(C(C)C)n1. The summed E-state index contributed by atoms with van der Waals surface area (Å²) in [4.78, 5) is 0. The van der Waals surface area contributed by atoms with E-state index in [1.165, 1.54) is 39.5 Å². The molecule has 0 amide bonds. The van der Waals surface area contributed by atoms with E-state index >= 15 is 0 Å². The van der Waals surface area contributed by atoms with Crippen molar-refractivity contribution in [3.8, 4) is 0 Å². The molecule has 0 atom stereocenters. The highest BCUT2D eigenvalue weighted by Gasteiger charge is 2.28. The summed E-state index contributed by atoms with van der Waals surface area (Å²) in [5, 5.41) is 18.6. The van der Waals surface area contributed by atoms with Gasteiger partial charge in [-0.15, -0.1) is 0 Å². The van der Waals surface area contributed by atoms with Gasteiger partial charge >= 0.3 is 0 Å². The molecular weight excluding hydrogens is 741 g/mol. The average molecular weight is 833 g/mol. The molecule has 1 aliphatic heterocycles. The van der Waals surface area contributed by atoms with Crippen LogP contribution in [0.25, 0.3) is 0 Å². The first-order chi connectivity index (χ1) is 27.1. The molecule has 0 N–H and O–H groups in total. The van der Waals surface area contributed by atoms with Crippen LogP contribution in [0.2, 0.25) is 0 Å². The van der Waals surface area contributed by atoms with Crippen molar-refractivity contribution in [3.63, 3.8) is 0 Å². The molecule has 1 fully saturated rings. The molecule has 60 heavy (non-hydrogen) atoms.